The van der Waals surface area contributed by atoms with Crippen LogP contribution in [0.5, 0.6) is 0 Å². The van der Waals surface area contributed by atoms with E-state index in [1.165, 1.54) is 6.20 Å². The van der Waals surface area contributed by atoms with Crippen molar-refractivity contribution < 1.29 is 8.42 Å². The van der Waals surface area contributed by atoms with Gasteiger partial charge in [0.05, 0.1) is 0 Å². The number of aromatic nitrogens is 2. The minimum atomic E-state index is -3.72. The van der Waals surface area contributed by atoms with Gasteiger partial charge in [-0.2, -0.15) is 0 Å². The maximum Gasteiger partial charge on any atom is 0.280 e. The van der Waals surface area contributed by atoms with Gasteiger partial charge in [0.1, 0.15) is 5.65 Å². The highest BCUT2D eigenvalue weighted by molar-refractivity contribution is 8.13. The predicted molar refractivity (Wildman–Crippen MR) is 48.2 cm³/mol. The molecule has 0 radical (unpaired) electrons. The van der Waals surface area contributed by atoms with E-state index in [-0.39, 0.29) is 5.03 Å². The van der Waals surface area contributed by atoms with Crippen LogP contribution >= 0.6 is 10.7 Å². The Bertz CT molecular complexity index is 513. The van der Waals surface area contributed by atoms with E-state index in [0.717, 1.165) is 0 Å². The molecule has 0 saturated carbocycles. The Morgan fingerprint density at radius 3 is 2.77 bits per heavy atom. The van der Waals surface area contributed by atoms with Crippen LogP contribution in [0.1, 0.15) is 0 Å². The van der Waals surface area contributed by atoms with Crippen LogP contribution in [0.2, 0.25) is 0 Å². The molecule has 0 aliphatic carbocycles. The zero-order chi connectivity index (χ0) is 9.47. The fourth-order valence-electron chi connectivity index (χ4n) is 1.03. The van der Waals surface area contributed by atoms with Crippen molar-refractivity contribution >= 4 is 25.4 Å². The highest BCUT2D eigenvalue weighted by atomic mass is 35.7. The average Bonchev–Trinajstić information content (AvgIpc) is 2.45. The Morgan fingerprint density at radius 1 is 1.38 bits per heavy atom. The summed E-state index contributed by atoms with van der Waals surface area (Å²) in [5.74, 6) is 0. The summed E-state index contributed by atoms with van der Waals surface area (Å²) in [6, 6.07) is 5.25. The minimum absolute atomic E-state index is 0.125. The molecular weight excluding hydrogens is 212 g/mol. The summed E-state index contributed by atoms with van der Waals surface area (Å²) in [4.78, 5) is 3.83. The number of fused-ring (bicyclic) bond motifs is 1. The third-order valence-corrected chi connectivity index (χ3v) is 2.76. The molecule has 0 spiro atoms. The lowest BCUT2D eigenvalue weighted by Crippen LogP contribution is -1.88. The van der Waals surface area contributed by atoms with Crippen LogP contribution in [0.25, 0.3) is 5.65 Å². The number of halogens is 1. The first-order valence-electron chi connectivity index (χ1n) is 3.46. The summed E-state index contributed by atoms with van der Waals surface area (Å²) in [7, 11) is 1.40. The Labute approximate surface area is 79.2 Å². The van der Waals surface area contributed by atoms with E-state index in [4.69, 9.17) is 10.7 Å². The quantitative estimate of drug-likeness (QED) is 0.675. The number of nitrogens with zero attached hydrogens (tertiary/aromatic N) is 2. The van der Waals surface area contributed by atoms with E-state index in [0.29, 0.717) is 5.65 Å². The van der Waals surface area contributed by atoms with Crippen molar-refractivity contribution in [2.45, 2.75) is 5.03 Å². The summed E-state index contributed by atoms with van der Waals surface area (Å²) in [5.41, 5.74) is 0.557. The Hall–Kier alpha value is -1.07. The van der Waals surface area contributed by atoms with Crippen molar-refractivity contribution in [2.24, 2.45) is 0 Å². The molecule has 0 fully saturated rings. The molecule has 0 amide bonds. The van der Waals surface area contributed by atoms with E-state index >= 15 is 0 Å². The molecule has 2 heterocycles. The third kappa shape index (κ3) is 1.52. The molecule has 2 rings (SSSR count). The molecule has 0 aromatic carbocycles. The van der Waals surface area contributed by atoms with E-state index in [1.54, 1.807) is 28.8 Å². The molecule has 0 aliphatic heterocycles. The lowest BCUT2D eigenvalue weighted by molar-refractivity contribution is 0.607. The molecule has 2 aromatic rings. The molecule has 0 unspecified atom stereocenters. The second-order valence-corrected chi connectivity index (χ2v) is 5.00. The van der Waals surface area contributed by atoms with Crippen molar-refractivity contribution in [1.29, 1.82) is 0 Å². The van der Waals surface area contributed by atoms with E-state index < -0.39 is 9.05 Å². The van der Waals surface area contributed by atoms with E-state index in [1.807, 2.05) is 0 Å². The number of hydrogen-bond acceptors (Lipinski definition) is 3. The molecule has 0 saturated heterocycles. The molecule has 0 N–H and O–H groups in total. The summed E-state index contributed by atoms with van der Waals surface area (Å²) in [6.07, 6.45) is 3.07. The van der Waals surface area contributed by atoms with E-state index in [2.05, 4.69) is 4.98 Å². The van der Waals surface area contributed by atoms with Crippen LogP contribution < -0.4 is 0 Å². The summed E-state index contributed by atoms with van der Waals surface area (Å²) < 4.78 is 23.4. The Morgan fingerprint density at radius 2 is 2.15 bits per heavy atom. The molecule has 2 aromatic heterocycles. The highest BCUT2D eigenvalue weighted by Gasteiger charge is 2.13. The molecular formula is C7H5ClN2O2S. The monoisotopic (exact) mass is 216 g/mol. The first-order valence-corrected chi connectivity index (χ1v) is 5.77. The SMILES string of the molecule is O=S(=O)(Cl)c1cn2ccccc2n1. The number of hydrogen-bond donors (Lipinski definition) is 0. The van der Waals surface area contributed by atoms with Gasteiger partial charge in [-0.25, -0.2) is 13.4 Å². The number of rotatable bonds is 1. The van der Waals surface area contributed by atoms with Crippen LogP contribution in [-0.4, -0.2) is 17.8 Å². The van der Waals surface area contributed by atoms with Crippen LogP contribution in [-0.2, 0) is 9.05 Å². The average molecular weight is 217 g/mol. The maximum absolute atomic E-state index is 10.9. The lowest BCUT2D eigenvalue weighted by atomic mass is 10.5. The van der Waals surface area contributed by atoms with Gasteiger partial charge >= 0.3 is 0 Å². The first kappa shape index (κ1) is 8.52. The van der Waals surface area contributed by atoms with Gasteiger partial charge in [0.25, 0.3) is 9.05 Å². The largest absolute Gasteiger partial charge is 0.306 e. The normalized spacial score (nSPS) is 12.1. The van der Waals surface area contributed by atoms with Crippen molar-refractivity contribution in [3.63, 3.8) is 0 Å². The molecule has 0 atom stereocenters. The number of imidazole rings is 1. The van der Waals surface area contributed by atoms with Crippen molar-refractivity contribution in [1.82, 2.24) is 9.38 Å². The van der Waals surface area contributed by atoms with Gasteiger partial charge in [0, 0.05) is 23.1 Å². The number of pyridine rings is 1. The van der Waals surface area contributed by atoms with Crippen LogP contribution in [0, 0.1) is 0 Å². The molecule has 0 aliphatic rings. The summed E-state index contributed by atoms with van der Waals surface area (Å²) in [5, 5.41) is -0.125. The predicted octanol–water partition coefficient (Wildman–Crippen LogP) is 1.26. The van der Waals surface area contributed by atoms with Crippen molar-refractivity contribution in [3.05, 3.63) is 30.6 Å². The van der Waals surface area contributed by atoms with Crippen LogP contribution in [0.3, 0.4) is 0 Å². The second-order valence-electron chi connectivity index (χ2n) is 2.48. The third-order valence-electron chi connectivity index (χ3n) is 1.59. The molecule has 6 heteroatoms. The molecule has 68 valence electrons. The van der Waals surface area contributed by atoms with Gasteiger partial charge in [0.15, 0.2) is 5.03 Å². The Kier molecular flexibility index (Phi) is 1.78. The van der Waals surface area contributed by atoms with Gasteiger partial charge in [-0.15, -0.1) is 0 Å². The topological polar surface area (TPSA) is 51.4 Å². The lowest BCUT2D eigenvalue weighted by Gasteiger charge is -1.86. The fourth-order valence-corrected chi connectivity index (χ4v) is 1.69. The standard InChI is InChI=1S/C7H5ClN2O2S/c8-13(11,12)7-5-10-4-2-1-3-6(10)9-7/h1-5H. The van der Waals surface area contributed by atoms with Gasteiger partial charge in [0.2, 0.25) is 0 Å². The van der Waals surface area contributed by atoms with Crippen molar-refractivity contribution in [2.75, 3.05) is 0 Å². The van der Waals surface area contributed by atoms with Gasteiger partial charge in [-0.05, 0) is 12.1 Å². The van der Waals surface area contributed by atoms with Gasteiger partial charge in [-0.1, -0.05) is 6.07 Å². The molecule has 13 heavy (non-hydrogen) atoms. The van der Waals surface area contributed by atoms with Crippen LogP contribution in [0.4, 0.5) is 0 Å². The highest BCUT2D eigenvalue weighted by Crippen LogP contribution is 2.14. The summed E-state index contributed by atoms with van der Waals surface area (Å²) >= 11 is 0. The second kappa shape index (κ2) is 2.71. The smallest absolute Gasteiger partial charge is 0.280 e. The van der Waals surface area contributed by atoms with Gasteiger partial charge in [-0.3, -0.25) is 0 Å². The van der Waals surface area contributed by atoms with Gasteiger partial charge < -0.3 is 4.40 Å². The summed E-state index contributed by atoms with van der Waals surface area (Å²) in [6.45, 7) is 0. The maximum atomic E-state index is 10.9. The first-order chi connectivity index (χ1) is 6.07. The Balaban J connectivity index is 2.77. The zero-order valence-electron chi connectivity index (χ0n) is 6.38. The minimum Gasteiger partial charge on any atom is -0.306 e. The fraction of sp³-hybridized carbons (Fsp3) is 0. The molecule has 0 bridgehead atoms. The van der Waals surface area contributed by atoms with Crippen LogP contribution in [0.15, 0.2) is 35.6 Å². The van der Waals surface area contributed by atoms with E-state index in [9.17, 15) is 8.42 Å². The van der Waals surface area contributed by atoms with Crippen molar-refractivity contribution in [3.8, 4) is 0 Å². The zero-order valence-corrected chi connectivity index (χ0v) is 7.96. The molecule has 4 nitrogen and oxygen atoms in total.